The number of unbranched alkanes of at least 4 members (excludes halogenated alkanes) is 1. The Morgan fingerprint density at radius 2 is 2.22 bits per heavy atom. The minimum absolute atomic E-state index is 0.160. The Bertz CT molecular complexity index is 410. The molecule has 0 atom stereocenters. The minimum Gasteiger partial charge on any atom is -0.494 e. The summed E-state index contributed by atoms with van der Waals surface area (Å²) < 4.78 is 18.2. The molecule has 1 aromatic carbocycles. The first-order valence-corrected chi connectivity index (χ1v) is 5.94. The maximum Gasteiger partial charge on any atom is 0.321 e. The zero-order chi connectivity index (χ0) is 13.5. The number of nitrogens with zero attached hydrogens (tertiary/aromatic N) is 1. The highest BCUT2D eigenvalue weighted by atomic mass is 19.1. The maximum atomic E-state index is 13.4. The summed E-state index contributed by atoms with van der Waals surface area (Å²) in [6, 6.07) is 4.09. The SMILES string of the molecule is CCCCN(C)C(=O)Nc1ccc(OC)c(F)c1. The second-order valence-electron chi connectivity index (χ2n) is 4.05. The molecule has 0 saturated carbocycles. The molecule has 18 heavy (non-hydrogen) atoms. The lowest BCUT2D eigenvalue weighted by atomic mass is 10.3. The summed E-state index contributed by atoms with van der Waals surface area (Å²) in [6.07, 6.45) is 1.97. The molecule has 0 aromatic heterocycles. The van der Waals surface area contributed by atoms with Crippen LogP contribution in [0.1, 0.15) is 19.8 Å². The molecule has 0 aliphatic rings. The number of methoxy groups -OCH3 is 1. The summed E-state index contributed by atoms with van der Waals surface area (Å²) in [5.74, 6) is -0.334. The van der Waals surface area contributed by atoms with Crippen LogP contribution in [0.15, 0.2) is 18.2 Å². The number of ether oxygens (including phenoxy) is 1. The van der Waals surface area contributed by atoms with Crippen LogP contribution in [-0.4, -0.2) is 31.6 Å². The summed E-state index contributed by atoms with van der Waals surface area (Å²) >= 11 is 0. The third-order valence-corrected chi connectivity index (χ3v) is 2.60. The number of nitrogens with one attached hydrogen (secondary N) is 1. The molecule has 0 unspecified atom stereocenters. The number of carbonyl (C=O) groups excluding carboxylic acids is 1. The molecular weight excluding hydrogens is 235 g/mol. The molecule has 2 amide bonds. The molecule has 0 spiro atoms. The molecule has 100 valence electrons. The van der Waals surface area contributed by atoms with Crippen molar-refractivity contribution in [1.82, 2.24) is 4.90 Å². The number of anilines is 1. The zero-order valence-electron chi connectivity index (χ0n) is 11.0. The van der Waals surface area contributed by atoms with Crippen LogP contribution >= 0.6 is 0 Å². The quantitative estimate of drug-likeness (QED) is 0.877. The first-order chi connectivity index (χ1) is 8.58. The lowest BCUT2D eigenvalue weighted by Crippen LogP contribution is -2.32. The lowest BCUT2D eigenvalue weighted by molar-refractivity contribution is 0.222. The third kappa shape index (κ3) is 3.91. The van der Waals surface area contributed by atoms with Gasteiger partial charge in [0, 0.05) is 25.3 Å². The van der Waals surface area contributed by atoms with E-state index < -0.39 is 5.82 Å². The monoisotopic (exact) mass is 254 g/mol. The zero-order valence-corrected chi connectivity index (χ0v) is 11.0. The van der Waals surface area contributed by atoms with E-state index >= 15 is 0 Å². The molecule has 0 heterocycles. The first-order valence-electron chi connectivity index (χ1n) is 5.94. The van der Waals surface area contributed by atoms with Crippen molar-refractivity contribution < 1.29 is 13.9 Å². The molecule has 1 N–H and O–H groups in total. The van der Waals surface area contributed by atoms with Gasteiger partial charge in [-0.3, -0.25) is 0 Å². The van der Waals surface area contributed by atoms with Gasteiger partial charge in [-0.2, -0.15) is 0 Å². The Morgan fingerprint density at radius 1 is 1.50 bits per heavy atom. The summed E-state index contributed by atoms with van der Waals surface area (Å²) in [6.45, 7) is 2.74. The molecule has 0 aliphatic heterocycles. The van der Waals surface area contributed by atoms with Crippen LogP contribution in [0.3, 0.4) is 0 Å². The normalized spacial score (nSPS) is 10.0. The van der Waals surface area contributed by atoms with E-state index in [1.54, 1.807) is 18.0 Å². The van der Waals surface area contributed by atoms with Crippen molar-refractivity contribution in [2.24, 2.45) is 0 Å². The average Bonchev–Trinajstić information content (AvgIpc) is 2.36. The van der Waals surface area contributed by atoms with Crippen molar-refractivity contribution in [2.45, 2.75) is 19.8 Å². The van der Waals surface area contributed by atoms with Crippen molar-refractivity contribution in [3.63, 3.8) is 0 Å². The van der Waals surface area contributed by atoms with Crippen molar-refractivity contribution in [3.05, 3.63) is 24.0 Å². The van der Waals surface area contributed by atoms with Crippen LogP contribution in [0.2, 0.25) is 0 Å². The number of benzene rings is 1. The van der Waals surface area contributed by atoms with Gasteiger partial charge < -0.3 is 15.0 Å². The highest BCUT2D eigenvalue weighted by Gasteiger charge is 2.09. The van der Waals surface area contributed by atoms with Crippen LogP contribution in [0, 0.1) is 5.82 Å². The van der Waals surface area contributed by atoms with Crippen LogP contribution in [0.5, 0.6) is 5.75 Å². The van der Waals surface area contributed by atoms with Gasteiger partial charge in [-0.1, -0.05) is 13.3 Å². The number of hydrogen-bond donors (Lipinski definition) is 1. The molecule has 4 nitrogen and oxygen atoms in total. The van der Waals surface area contributed by atoms with Gasteiger partial charge in [-0.25, -0.2) is 9.18 Å². The fraction of sp³-hybridized carbons (Fsp3) is 0.462. The maximum absolute atomic E-state index is 13.4. The first kappa shape index (κ1) is 14.3. The summed E-state index contributed by atoms with van der Waals surface area (Å²) in [7, 11) is 3.11. The van der Waals surface area contributed by atoms with Crippen LogP contribution < -0.4 is 10.1 Å². The Kier molecular flexibility index (Phi) is 5.42. The smallest absolute Gasteiger partial charge is 0.321 e. The number of amides is 2. The van der Waals surface area contributed by atoms with Crippen LogP contribution in [0.4, 0.5) is 14.9 Å². The molecule has 1 aromatic rings. The second kappa shape index (κ2) is 6.83. The largest absolute Gasteiger partial charge is 0.494 e. The predicted octanol–water partition coefficient (Wildman–Crippen LogP) is 3.10. The highest BCUT2D eigenvalue weighted by molar-refractivity contribution is 5.89. The van der Waals surface area contributed by atoms with E-state index in [0.29, 0.717) is 12.2 Å². The topological polar surface area (TPSA) is 41.6 Å². The second-order valence-corrected chi connectivity index (χ2v) is 4.05. The van der Waals surface area contributed by atoms with Gasteiger partial charge in [-0.05, 0) is 18.6 Å². The Morgan fingerprint density at radius 3 is 2.78 bits per heavy atom. The summed E-state index contributed by atoms with van der Waals surface area (Å²) in [5.41, 5.74) is 0.418. The standard InChI is InChI=1S/C13H19FN2O2/c1-4-5-8-16(2)13(17)15-10-6-7-12(18-3)11(14)9-10/h6-7,9H,4-5,8H2,1-3H3,(H,15,17). The van der Waals surface area contributed by atoms with Crippen LogP contribution in [-0.2, 0) is 0 Å². The van der Waals surface area contributed by atoms with Gasteiger partial charge in [-0.15, -0.1) is 0 Å². The van der Waals surface area contributed by atoms with Gasteiger partial charge in [0.2, 0.25) is 0 Å². The summed E-state index contributed by atoms with van der Waals surface area (Å²) in [4.78, 5) is 13.3. The van der Waals surface area contributed by atoms with Crippen molar-refractivity contribution in [2.75, 3.05) is 26.0 Å². The molecule has 1 rings (SSSR count). The molecule has 0 radical (unpaired) electrons. The number of hydrogen-bond acceptors (Lipinski definition) is 2. The Balaban J connectivity index is 2.61. The van der Waals surface area contributed by atoms with E-state index in [-0.39, 0.29) is 11.8 Å². The van der Waals surface area contributed by atoms with E-state index in [1.165, 1.54) is 19.2 Å². The molecule has 0 bridgehead atoms. The van der Waals surface area contributed by atoms with Crippen molar-refractivity contribution in [1.29, 1.82) is 0 Å². The van der Waals surface area contributed by atoms with Gasteiger partial charge in [0.25, 0.3) is 0 Å². The van der Waals surface area contributed by atoms with Crippen LogP contribution in [0.25, 0.3) is 0 Å². The molecule has 0 fully saturated rings. The Hall–Kier alpha value is -1.78. The van der Waals surface area contributed by atoms with E-state index in [2.05, 4.69) is 12.2 Å². The van der Waals surface area contributed by atoms with E-state index in [4.69, 9.17) is 4.74 Å². The van der Waals surface area contributed by atoms with Gasteiger partial charge >= 0.3 is 6.03 Å². The number of rotatable bonds is 5. The number of halogens is 1. The predicted molar refractivity (Wildman–Crippen MR) is 69.5 cm³/mol. The fourth-order valence-electron chi connectivity index (χ4n) is 1.46. The van der Waals surface area contributed by atoms with E-state index in [9.17, 15) is 9.18 Å². The van der Waals surface area contributed by atoms with E-state index in [1.807, 2.05) is 0 Å². The van der Waals surface area contributed by atoms with Gasteiger partial charge in [0.1, 0.15) is 0 Å². The number of carbonyl (C=O) groups is 1. The minimum atomic E-state index is -0.494. The highest BCUT2D eigenvalue weighted by Crippen LogP contribution is 2.20. The molecule has 0 aliphatic carbocycles. The number of urea groups is 1. The third-order valence-electron chi connectivity index (χ3n) is 2.60. The summed E-state index contributed by atoms with van der Waals surface area (Å²) in [5, 5.41) is 2.63. The Labute approximate surface area is 107 Å². The fourth-order valence-corrected chi connectivity index (χ4v) is 1.46. The van der Waals surface area contributed by atoms with Gasteiger partial charge in [0.15, 0.2) is 11.6 Å². The van der Waals surface area contributed by atoms with Gasteiger partial charge in [0.05, 0.1) is 7.11 Å². The molecule has 0 saturated heterocycles. The van der Waals surface area contributed by atoms with E-state index in [0.717, 1.165) is 12.8 Å². The average molecular weight is 254 g/mol. The lowest BCUT2D eigenvalue weighted by Gasteiger charge is -2.17. The van der Waals surface area contributed by atoms with Crippen molar-refractivity contribution in [3.8, 4) is 5.75 Å². The molecular formula is C13H19FN2O2. The molecule has 5 heteroatoms. The van der Waals surface area contributed by atoms with Crippen molar-refractivity contribution >= 4 is 11.7 Å².